The van der Waals surface area contributed by atoms with Crippen molar-refractivity contribution >= 4 is 17.2 Å². The number of hydrogen-bond donors (Lipinski definition) is 1. The molecule has 0 radical (unpaired) electrons. The molecule has 138 valence electrons. The molecule has 1 aliphatic rings. The second kappa shape index (κ2) is 8.37. The number of likely N-dealkylation sites (tertiary alicyclic amines) is 1. The monoisotopic (exact) mass is 379 g/mol. The van der Waals surface area contributed by atoms with Crippen LogP contribution in [0.2, 0.25) is 0 Å². The number of nitrogens with zero attached hydrogens (tertiary/aromatic N) is 4. The maximum atomic E-state index is 12.0. The lowest BCUT2D eigenvalue weighted by Crippen LogP contribution is -2.35. The predicted octanol–water partition coefficient (Wildman–Crippen LogP) is 3.05. The van der Waals surface area contributed by atoms with Crippen molar-refractivity contribution in [3.8, 4) is 10.8 Å². The van der Waals surface area contributed by atoms with Crippen molar-refractivity contribution in [1.29, 1.82) is 0 Å². The number of benzene rings is 1. The van der Waals surface area contributed by atoms with Crippen LogP contribution >= 0.6 is 11.3 Å². The fourth-order valence-electron chi connectivity index (χ4n) is 3.22. The molecule has 0 aliphatic carbocycles. The molecule has 3 heterocycles. The smallest absolute Gasteiger partial charge is 0.222 e. The van der Waals surface area contributed by atoms with Crippen molar-refractivity contribution in [2.24, 2.45) is 0 Å². The minimum atomic E-state index is 0.0753. The van der Waals surface area contributed by atoms with Gasteiger partial charge in [0.05, 0.1) is 11.7 Å². The van der Waals surface area contributed by atoms with Gasteiger partial charge in [0.15, 0.2) is 10.8 Å². The van der Waals surface area contributed by atoms with Crippen LogP contribution in [-0.4, -0.2) is 38.8 Å². The molecule has 0 saturated carbocycles. The Morgan fingerprint density at radius 1 is 1.15 bits per heavy atom. The first-order valence-corrected chi connectivity index (χ1v) is 9.95. The Balaban J connectivity index is 1.45. The van der Waals surface area contributed by atoms with Crippen LogP contribution < -0.4 is 5.32 Å². The van der Waals surface area contributed by atoms with Gasteiger partial charge in [-0.25, -0.2) is 15.0 Å². The molecule has 7 heteroatoms. The molecule has 0 spiro atoms. The fourth-order valence-corrected chi connectivity index (χ4v) is 3.98. The second-order valence-electron chi connectivity index (χ2n) is 6.50. The highest BCUT2D eigenvalue weighted by Crippen LogP contribution is 2.22. The van der Waals surface area contributed by atoms with E-state index in [0.29, 0.717) is 25.3 Å². The number of aromatic nitrogens is 3. The van der Waals surface area contributed by atoms with Gasteiger partial charge in [-0.2, -0.15) is 0 Å². The third-order valence-electron chi connectivity index (χ3n) is 4.61. The molecule has 0 bridgehead atoms. The maximum Gasteiger partial charge on any atom is 0.222 e. The van der Waals surface area contributed by atoms with Gasteiger partial charge in [-0.3, -0.25) is 4.79 Å². The molecule has 1 saturated heterocycles. The van der Waals surface area contributed by atoms with Crippen molar-refractivity contribution in [3.63, 3.8) is 0 Å². The van der Waals surface area contributed by atoms with Crippen molar-refractivity contribution in [1.82, 2.24) is 25.2 Å². The van der Waals surface area contributed by atoms with Crippen LogP contribution in [0.15, 0.2) is 54.2 Å². The average molecular weight is 379 g/mol. The fraction of sp³-hybridized carbons (Fsp3) is 0.300. The van der Waals surface area contributed by atoms with E-state index in [9.17, 15) is 4.79 Å². The third kappa shape index (κ3) is 4.37. The van der Waals surface area contributed by atoms with E-state index in [1.54, 1.807) is 29.8 Å². The molecule has 6 nitrogen and oxygen atoms in total. The van der Waals surface area contributed by atoms with Crippen LogP contribution in [0.5, 0.6) is 0 Å². The maximum absolute atomic E-state index is 12.0. The van der Waals surface area contributed by atoms with E-state index in [1.165, 1.54) is 5.56 Å². The minimum absolute atomic E-state index is 0.0753. The van der Waals surface area contributed by atoms with E-state index in [-0.39, 0.29) is 11.9 Å². The number of carbonyl (C=O) groups excluding carboxylic acids is 1. The van der Waals surface area contributed by atoms with Crippen molar-refractivity contribution in [2.45, 2.75) is 25.4 Å². The van der Waals surface area contributed by atoms with Crippen LogP contribution in [0, 0.1) is 0 Å². The van der Waals surface area contributed by atoms with Gasteiger partial charge in [0.25, 0.3) is 0 Å². The Labute approximate surface area is 162 Å². The second-order valence-corrected chi connectivity index (χ2v) is 7.36. The highest BCUT2D eigenvalue weighted by molar-refractivity contribution is 7.13. The molecule has 1 atom stereocenters. The molecule has 1 N–H and O–H groups in total. The van der Waals surface area contributed by atoms with E-state index < -0.39 is 0 Å². The third-order valence-corrected chi connectivity index (χ3v) is 5.50. The van der Waals surface area contributed by atoms with Gasteiger partial charge in [0.1, 0.15) is 0 Å². The van der Waals surface area contributed by atoms with Crippen molar-refractivity contribution in [2.75, 3.05) is 13.1 Å². The number of amides is 1. The average Bonchev–Trinajstić information content (AvgIpc) is 3.36. The summed E-state index contributed by atoms with van der Waals surface area (Å²) in [5.74, 6) is 0.894. The first kappa shape index (κ1) is 17.8. The summed E-state index contributed by atoms with van der Waals surface area (Å²) in [5.41, 5.74) is 2.13. The minimum Gasteiger partial charge on any atom is -0.341 e. The molecule has 3 aromatic rings. The molecule has 1 aliphatic heterocycles. The van der Waals surface area contributed by atoms with Crippen molar-refractivity contribution < 1.29 is 4.79 Å². The van der Waals surface area contributed by atoms with Crippen LogP contribution in [0.1, 0.15) is 30.1 Å². The molecule has 1 amide bonds. The number of carbonyl (C=O) groups is 1. The summed E-state index contributed by atoms with van der Waals surface area (Å²) in [4.78, 5) is 27.2. The van der Waals surface area contributed by atoms with Gasteiger partial charge in [0, 0.05) is 43.8 Å². The predicted molar refractivity (Wildman–Crippen MR) is 105 cm³/mol. The summed E-state index contributed by atoms with van der Waals surface area (Å²) in [5, 5.41) is 6.42. The van der Waals surface area contributed by atoms with Gasteiger partial charge < -0.3 is 10.2 Å². The number of thiazole rings is 1. The Morgan fingerprint density at radius 3 is 2.70 bits per heavy atom. The molecule has 4 rings (SSSR count). The molecule has 1 aromatic carbocycles. The molecular weight excluding hydrogens is 358 g/mol. The highest BCUT2D eigenvalue weighted by Gasteiger charge is 2.24. The summed E-state index contributed by atoms with van der Waals surface area (Å²) in [6.07, 6.45) is 5.06. The largest absolute Gasteiger partial charge is 0.341 e. The van der Waals surface area contributed by atoms with E-state index >= 15 is 0 Å². The van der Waals surface area contributed by atoms with E-state index in [1.807, 2.05) is 28.5 Å². The number of hydrogen-bond acceptors (Lipinski definition) is 6. The Bertz CT molecular complexity index is 884. The van der Waals surface area contributed by atoms with Gasteiger partial charge in [-0.05, 0) is 18.1 Å². The number of rotatable bonds is 7. The number of nitrogens with one attached hydrogen (secondary N) is 1. The molecule has 2 aromatic heterocycles. The van der Waals surface area contributed by atoms with Gasteiger partial charge >= 0.3 is 0 Å². The van der Waals surface area contributed by atoms with Crippen LogP contribution in [0.25, 0.3) is 10.8 Å². The zero-order valence-electron chi connectivity index (χ0n) is 14.9. The van der Waals surface area contributed by atoms with Gasteiger partial charge in [-0.15, -0.1) is 11.3 Å². The van der Waals surface area contributed by atoms with Crippen LogP contribution in [0.3, 0.4) is 0 Å². The topological polar surface area (TPSA) is 71.0 Å². The van der Waals surface area contributed by atoms with Crippen molar-refractivity contribution in [3.05, 3.63) is 65.4 Å². The van der Waals surface area contributed by atoms with Gasteiger partial charge in [-0.1, -0.05) is 30.3 Å². The summed E-state index contributed by atoms with van der Waals surface area (Å²) in [7, 11) is 0. The summed E-state index contributed by atoms with van der Waals surface area (Å²) in [6, 6.07) is 12.1. The Kier molecular flexibility index (Phi) is 5.50. The SMILES string of the molecule is O=C1CCCN1CC(NCc1csc(-c2ncccn2)n1)c1ccccc1. The summed E-state index contributed by atoms with van der Waals surface area (Å²) in [6.45, 7) is 2.16. The standard InChI is InChI=1S/C20H21N5OS/c26-18-8-4-11-25(18)13-17(15-6-2-1-3-7-15)23-12-16-14-27-20(24-16)19-21-9-5-10-22-19/h1-3,5-7,9-10,14,17,23H,4,8,11-13H2. The molecular formula is C20H21N5OS. The van der Waals surface area contributed by atoms with Crippen LogP contribution in [0.4, 0.5) is 0 Å². The first-order chi connectivity index (χ1) is 13.3. The summed E-state index contributed by atoms with van der Waals surface area (Å²) >= 11 is 1.54. The Hall–Kier alpha value is -2.64. The zero-order valence-corrected chi connectivity index (χ0v) is 15.7. The lowest BCUT2D eigenvalue weighted by atomic mass is 10.1. The van der Waals surface area contributed by atoms with Gasteiger partial charge in [0.2, 0.25) is 5.91 Å². The van der Waals surface area contributed by atoms with E-state index in [0.717, 1.165) is 23.7 Å². The molecule has 1 unspecified atom stereocenters. The first-order valence-electron chi connectivity index (χ1n) is 9.07. The summed E-state index contributed by atoms with van der Waals surface area (Å²) < 4.78 is 0. The lowest BCUT2D eigenvalue weighted by molar-refractivity contribution is -0.128. The Morgan fingerprint density at radius 2 is 1.96 bits per heavy atom. The quantitative estimate of drug-likeness (QED) is 0.683. The molecule has 1 fully saturated rings. The van der Waals surface area contributed by atoms with E-state index in [2.05, 4.69) is 32.4 Å². The van der Waals surface area contributed by atoms with Crippen LogP contribution in [-0.2, 0) is 11.3 Å². The van der Waals surface area contributed by atoms with E-state index in [4.69, 9.17) is 0 Å². The lowest BCUT2D eigenvalue weighted by Gasteiger charge is -2.25. The molecule has 27 heavy (non-hydrogen) atoms. The normalized spacial score (nSPS) is 15.3. The zero-order chi connectivity index (χ0) is 18.5. The highest BCUT2D eigenvalue weighted by atomic mass is 32.1.